The first kappa shape index (κ1) is 9.21. The lowest BCUT2D eigenvalue weighted by atomic mass is 10.2. The van der Waals surface area contributed by atoms with Gasteiger partial charge < -0.3 is 0 Å². The minimum atomic E-state index is 0.497. The van der Waals surface area contributed by atoms with E-state index in [1.54, 1.807) is 11.3 Å². The van der Waals surface area contributed by atoms with Crippen LogP contribution in [0.15, 0.2) is 5.38 Å². The molecule has 0 bridgehead atoms. The summed E-state index contributed by atoms with van der Waals surface area (Å²) in [6, 6.07) is 2.12. The molecule has 0 radical (unpaired) electrons. The van der Waals surface area contributed by atoms with Crippen molar-refractivity contribution < 1.29 is 0 Å². The molecule has 0 saturated carbocycles. The van der Waals surface area contributed by atoms with Gasteiger partial charge in [-0.1, -0.05) is 13.8 Å². The summed E-state index contributed by atoms with van der Waals surface area (Å²) in [4.78, 5) is 4.41. The van der Waals surface area contributed by atoms with E-state index in [-0.39, 0.29) is 0 Å². The van der Waals surface area contributed by atoms with Crippen LogP contribution in [0.2, 0.25) is 0 Å². The highest BCUT2D eigenvalue weighted by molar-refractivity contribution is 7.09. The molecule has 0 unspecified atom stereocenters. The molecule has 64 valence electrons. The van der Waals surface area contributed by atoms with Crippen molar-refractivity contribution in [2.24, 2.45) is 0 Å². The second-order valence-corrected chi connectivity index (χ2v) is 3.92. The van der Waals surface area contributed by atoms with Gasteiger partial charge in [-0.15, -0.1) is 11.3 Å². The molecule has 1 heterocycles. The summed E-state index contributed by atoms with van der Waals surface area (Å²) >= 11 is 1.66. The molecule has 0 aliphatic carbocycles. The first-order valence-corrected chi connectivity index (χ1v) is 4.93. The molecule has 0 fully saturated rings. The summed E-state index contributed by atoms with van der Waals surface area (Å²) in [5, 5.41) is 11.5. The summed E-state index contributed by atoms with van der Waals surface area (Å²) in [5.41, 5.74) is 1.15. The van der Waals surface area contributed by atoms with E-state index in [1.165, 1.54) is 0 Å². The predicted octanol–water partition coefficient (Wildman–Crippen LogP) is 2.72. The van der Waals surface area contributed by atoms with Gasteiger partial charge in [0, 0.05) is 18.2 Å². The quantitative estimate of drug-likeness (QED) is 0.717. The Bertz CT molecular complexity index is 283. The molecule has 0 aliphatic heterocycles. The number of aromatic nitrogens is 1. The SMILES string of the molecule is CC(C)c1csc(CCC#N)n1. The molecular formula is C9H12N2S. The maximum absolute atomic E-state index is 8.37. The standard InChI is InChI=1S/C9H12N2S/c1-7(2)8-6-12-9(11-8)4-3-5-10/h6-7H,3-4H2,1-2H3. The van der Waals surface area contributed by atoms with Crippen molar-refractivity contribution in [3.8, 4) is 6.07 Å². The summed E-state index contributed by atoms with van der Waals surface area (Å²) in [7, 11) is 0. The van der Waals surface area contributed by atoms with Crippen LogP contribution in [0.4, 0.5) is 0 Å². The van der Waals surface area contributed by atoms with Crippen LogP contribution in [0, 0.1) is 11.3 Å². The zero-order chi connectivity index (χ0) is 8.97. The van der Waals surface area contributed by atoms with Crippen molar-refractivity contribution in [2.45, 2.75) is 32.6 Å². The van der Waals surface area contributed by atoms with Gasteiger partial charge in [0.15, 0.2) is 0 Å². The number of hydrogen-bond donors (Lipinski definition) is 0. The smallest absolute Gasteiger partial charge is 0.0938 e. The Balaban J connectivity index is 2.59. The highest BCUT2D eigenvalue weighted by Crippen LogP contribution is 2.18. The second-order valence-electron chi connectivity index (χ2n) is 2.98. The number of nitrogens with zero attached hydrogens (tertiary/aromatic N) is 2. The van der Waals surface area contributed by atoms with Crippen LogP contribution in [0.1, 0.15) is 36.9 Å². The van der Waals surface area contributed by atoms with Gasteiger partial charge in [-0.3, -0.25) is 0 Å². The zero-order valence-electron chi connectivity index (χ0n) is 7.37. The molecule has 0 amide bonds. The molecule has 1 aromatic heterocycles. The summed E-state index contributed by atoms with van der Waals surface area (Å²) in [6.45, 7) is 4.26. The third kappa shape index (κ3) is 2.31. The molecule has 0 aliphatic rings. The monoisotopic (exact) mass is 180 g/mol. The number of rotatable bonds is 3. The van der Waals surface area contributed by atoms with E-state index >= 15 is 0 Å². The van der Waals surface area contributed by atoms with E-state index in [0.29, 0.717) is 12.3 Å². The van der Waals surface area contributed by atoms with Gasteiger partial charge in [0.25, 0.3) is 0 Å². The highest BCUT2D eigenvalue weighted by Gasteiger charge is 2.04. The van der Waals surface area contributed by atoms with Crippen LogP contribution in [0.5, 0.6) is 0 Å². The van der Waals surface area contributed by atoms with E-state index in [0.717, 1.165) is 17.1 Å². The lowest BCUT2D eigenvalue weighted by Gasteiger charge is -1.96. The van der Waals surface area contributed by atoms with Gasteiger partial charge in [-0.25, -0.2) is 4.98 Å². The molecule has 1 aromatic rings. The average Bonchev–Trinajstić information content (AvgIpc) is 2.48. The fraction of sp³-hybridized carbons (Fsp3) is 0.556. The molecule has 12 heavy (non-hydrogen) atoms. The van der Waals surface area contributed by atoms with Crippen molar-refractivity contribution in [2.75, 3.05) is 0 Å². The fourth-order valence-electron chi connectivity index (χ4n) is 0.868. The van der Waals surface area contributed by atoms with E-state index in [9.17, 15) is 0 Å². The van der Waals surface area contributed by atoms with E-state index in [2.05, 4.69) is 30.3 Å². The van der Waals surface area contributed by atoms with E-state index in [4.69, 9.17) is 5.26 Å². The Kier molecular flexibility index (Phi) is 3.24. The van der Waals surface area contributed by atoms with Gasteiger partial charge in [0.2, 0.25) is 0 Å². The largest absolute Gasteiger partial charge is 0.246 e. The average molecular weight is 180 g/mol. The normalized spacial score (nSPS) is 10.2. The maximum Gasteiger partial charge on any atom is 0.0938 e. The van der Waals surface area contributed by atoms with Gasteiger partial charge in [0.05, 0.1) is 16.8 Å². The predicted molar refractivity (Wildman–Crippen MR) is 50.1 cm³/mol. The Labute approximate surface area is 76.9 Å². The maximum atomic E-state index is 8.37. The Morgan fingerprint density at radius 2 is 2.42 bits per heavy atom. The molecule has 0 aromatic carbocycles. The second kappa shape index (κ2) is 4.22. The molecular weight excluding hydrogens is 168 g/mol. The summed E-state index contributed by atoms with van der Waals surface area (Å²) in [5.74, 6) is 0.497. The fourth-order valence-corrected chi connectivity index (χ4v) is 1.83. The van der Waals surface area contributed by atoms with Crippen molar-refractivity contribution in [3.05, 3.63) is 16.1 Å². The molecule has 0 spiro atoms. The number of hydrogen-bond acceptors (Lipinski definition) is 3. The van der Waals surface area contributed by atoms with Crippen LogP contribution in [-0.2, 0) is 6.42 Å². The van der Waals surface area contributed by atoms with Crippen LogP contribution < -0.4 is 0 Å². The lowest BCUT2D eigenvalue weighted by Crippen LogP contribution is -1.88. The lowest BCUT2D eigenvalue weighted by molar-refractivity contribution is 0.819. The highest BCUT2D eigenvalue weighted by atomic mass is 32.1. The first-order valence-electron chi connectivity index (χ1n) is 4.05. The van der Waals surface area contributed by atoms with Crippen LogP contribution in [0.3, 0.4) is 0 Å². The molecule has 1 rings (SSSR count). The third-order valence-electron chi connectivity index (χ3n) is 1.61. The van der Waals surface area contributed by atoms with Crippen LogP contribution in [0.25, 0.3) is 0 Å². The zero-order valence-corrected chi connectivity index (χ0v) is 8.19. The van der Waals surface area contributed by atoms with Gasteiger partial charge in [-0.2, -0.15) is 5.26 Å². The third-order valence-corrected chi connectivity index (χ3v) is 2.54. The number of thiazole rings is 1. The Hall–Kier alpha value is -0.880. The first-order chi connectivity index (χ1) is 5.74. The topological polar surface area (TPSA) is 36.7 Å². The van der Waals surface area contributed by atoms with Gasteiger partial charge in [-0.05, 0) is 5.92 Å². The van der Waals surface area contributed by atoms with Crippen molar-refractivity contribution in [1.82, 2.24) is 4.98 Å². The Morgan fingerprint density at radius 1 is 1.67 bits per heavy atom. The van der Waals surface area contributed by atoms with Gasteiger partial charge >= 0.3 is 0 Å². The van der Waals surface area contributed by atoms with E-state index < -0.39 is 0 Å². The number of nitriles is 1. The summed E-state index contributed by atoms with van der Waals surface area (Å²) in [6.07, 6.45) is 1.37. The van der Waals surface area contributed by atoms with Crippen LogP contribution >= 0.6 is 11.3 Å². The summed E-state index contributed by atoms with van der Waals surface area (Å²) < 4.78 is 0. The van der Waals surface area contributed by atoms with Crippen molar-refractivity contribution in [3.63, 3.8) is 0 Å². The Morgan fingerprint density at radius 3 is 2.92 bits per heavy atom. The molecule has 0 N–H and O–H groups in total. The van der Waals surface area contributed by atoms with Crippen molar-refractivity contribution >= 4 is 11.3 Å². The molecule has 3 heteroatoms. The number of aryl methyl sites for hydroxylation is 1. The van der Waals surface area contributed by atoms with Gasteiger partial charge in [0.1, 0.15) is 0 Å². The molecule has 0 atom stereocenters. The minimum Gasteiger partial charge on any atom is -0.246 e. The van der Waals surface area contributed by atoms with Crippen LogP contribution in [-0.4, -0.2) is 4.98 Å². The van der Waals surface area contributed by atoms with E-state index in [1.807, 2.05) is 0 Å². The van der Waals surface area contributed by atoms with Crippen molar-refractivity contribution in [1.29, 1.82) is 5.26 Å². The molecule has 0 saturated heterocycles. The minimum absolute atomic E-state index is 0.497. The molecule has 2 nitrogen and oxygen atoms in total.